The van der Waals surface area contributed by atoms with Crippen LogP contribution in [0.15, 0.2) is 82.6 Å². The molecule has 1 N–H and O–H groups in total. The van der Waals surface area contributed by atoms with E-state index in [4.69, 9.17) is 0 Å². The minimum absolute atomic E-state index is 0.0356. The summed E-state index contributed by atoms with van der Waals surface area (Å²) in [5, 5.41) is 2.83. The molecule has 0 atom stereocenters. The van der Waals surface area contributed by atoms with E-state index in [0.717, 1.165) is 10.1 Å². The van der Waals surface area contributed by atoms with Crippen molar-refractivity contribution in [2.75, 3.05) is 0 Å². The molecule has 0 spiro atoms. The van der Waals surface area contributed by atoms with Gasteiger partial charge >= 0.3 is 5.69 Å². The predicted molar refractivity (Wildman–Crippen MR) is 111 cm³/mol. The molecule has 8 nitrogen and oxygen atoms in total. The van der Waals surface area contributed by atoms with E-state index in [-0.39, 0.29) is 30.4 Å². The number of rotatable bonds is 6. The summed E-state index contributed by atoms with van der Waals surface area (Å²) >= 11 is 0. The van der Waals surface area contributed by atoms with Gasteiger partial charge in [-0.2, -0.15) is 4.98 Å². The molecule has 0 radical (unpaired) electrons. The predicted octanol–water partition coefficient (Wildman–Crippen LogP) is 1.27. The van der Waals surface area contributed by atoms with Crippen LogP contribution in [-0.4, -0.2) is 25.0 Å². The average molecular weight is 401 g/mol. The highest BCUT2D eigenvalue weighted by molar-refractivity contribution is 5.76. The Hall–Kier alpha value is -4.07. The molecule has 30 heavy (non-hydrogen) atoms. The first-order valence-electron chi connectivity index (χ1n) is 9.42. The summed E-state index contributed by atoms with van der Waals surface area (Å²) in [5.74, 6) is -0.0668. The Bertz CT molecular complexity index is 1250. The second-order valence-electron chi connectivity index (χ2n) is 6.74. The standard InChI is InChI=1S/C22H19N5O3/c28-19(24-13-16-7-2-1-3-8-16)15-26-12-6-10-18-20(26)25-22(30)27(21(18)29)14-17-9-4-5-11-23-17/h1-12H,13-15H2,(H,24,28). The summed E-state index contributed by atoms with van der Waals surface area (Å²) in [6.45, 7) is 0.371. The molecule has 150 valence electrons. The molecular weight excluding hydrogens is 382 g/mol. The van der Waals surface area contributed by atoms with Crippen LogP contribution < -0.4 is 16.6 Å². The Kier molecular flexibility index (Phi) is 5.47. The van der Waals surface area contributed by atoms with Crippen molar-refractivity contribution in [1.82, 2.24) is 24.4 Å². The van der Waals surface area contributed by atoms with E-state index in [0.29, 0.717) is 12.2 Å². The van der Waals surface area contributed by atoms with E-state index in [1.54, 1.807) is 42.7 Å². The lowest BCUT2D eigenvalue weighted by Gasteiger charge is -2.15. The number of carbonyl (C=O) groups is 1. The fraction of sp³-hybridized carbons (Fsp3) is 0.136. The largest absolute Gasteiger partial charge is 0.352 e. The molecule has 2 aromatic rings. The van der Waals surface area contributed by atoms with Gasteiger partial charge < -0.3 is 9.88 Å². The molecule has 1 amide bonds. The van der Waals surface area contributed by atoms with Crippen molar-refractivity contribution >= 4 is 5.91 Å². The van der Waals surface area contributed by atoms with Crippen molar-refractivity contribution in [3.8, 4) is 11.4 Å². The third kappa shape index (κ3) is 4.17. The molecule has 4 rings (SSSR count). The highest BCUT2D eigenvalue weighted by atomic mass is 16.2. The summed E-state index contributed by atoms with van der Waals surface area (Å²) in [6, 6.07) is 18.1. The lowest BCUT2D eigenvalue weighted by Crippen LogP contribution is -2.39. The number of fused-ring (bicyclic) bond motifs is 1. The van der Waals surface area contributed by atoms with Crippen LogP contribution in [0, 0.1) is 0 Å². The van der Waals surface area contributed by atoms with Gasteiger partial charge in [-0.25, -0.2) is 4.79 Å². The number of hydrogen-bond acceptors (Lipinski definition) is 5. The monoisotopic (exact) mass is 401 g/mol. The molecule has 0 saturated carbocycles. The fourth-order valence-corrected chi connectivity index (χ4v) is 3.15. The smallest absolute Gasteiger partial charge is 0.350 e. The highest BCUT2D eigenvalue weighted by Crippen LogP contribution is 2.13. The van der Waals surface area contributed by atoms with E-state index >= 15 is 0 Å². The normalized spacial score (nSPS) is 10.8. The van der Waals surface area contributed by atoms with Gasteiger partial charge in [0.25, 0.3) is 5.56 Å². The van der Waals surface area contributed by atoms with Gasteiger partial charge in [-0.15, -0.1) is 0 Å². The molecule has 1 aromatic carbocycles. The van der Waals surface area contributed by atoms with E-state index in [1.807, 2.05) is 30.3 Å². The van der Waals surface area contributed by atoms with Crippen molar-refractivity contribution in [1.29, 1.82) is 0 Å². The molecule has 2 aliphatic rings. The number of carbonyl (C=O) groups excluding carboxylic acids is 1. The zero-order valence-corrected chi connectivity index (χ0v) is 16.1. The summed E-state index contributed by atoms with van der Waals surface area (Å²) in [4.78, 5) is 46.0. The van der Waals surface area contributed by atoms with Crippen molar-refractivity contribution in [3.63, 3.8) is 0 Å². The SMILES string of the molecule is O=C(Cn1cccc2c(=O)n(Cc3ccccn3)c(=O)nc1-2)NCc1ccccc1. The first-order chi connectivity index (χ1) is 14.6. The van der Waals surface area contributed by atoms with Gasteiger partial charge in [0.1, 0.15) is 6.54 Å². The topological polar surface area (TPSA) is 98.9 Å². The van der Waals surface area contributed by atoms with Crippen LogP contribution >= 0.6 is 0 Å². The Morgan fingerprint density at radius 1 is 0.967 bits per heavy atom. The zero-order chi connectivity index (χ0) is 20.9. The number of pyridine rings is 2. The average Bonchev–Trinajstić information content (AvgIpc) is 2.77. The maximum atomic E-state index is 12.9. The van der Waals surface area contributed by atoms with E-state index in [9.17, 15) is 14.4 Å². The van der Waals surface area contributed by atoms with E-state index in [2.05, 4.69) is 15.3 Å². The van der Waals surface area contributed by atoms with Crippen LogP contribution in [0.1, 0.15) is 11.3 Å². The molecule has 8 heteroatoms. The second-order valence-corrected chi connectivity index (χ2v) is 6.74. The maximum absolute atomic E-state index is 12.9. The summed E-state index contributed by atoms with van der Waals surface area (Å²) < 4.78 is 2.55. The van der Waals surface area contributed by atoms with Gasteiger partial charge in [0, 0.05) is 18.9 Å². The first kappa shape index (κ1) is 19.3. The molecule has 1 aromatic heterocycles. The minimum Gasteiger partial charge on any atom is -0.350 e. The number of amides is 1. The number of nitrogens with one attached hydrogen (secondary N) is 1. The maximum Gasteiger partial charge on any atom is 0.352 e. The fourth-order valence-electron chi connectivity index (χ4n) is 3.15. The molecule has 2 aliphatic heterocycles. The lowest BCUT2D eigenvalue weighted by molar-refractivity contribution is -0.121. The van der Waals surface area contributed by atoms with Gasteiger partial charge in [-0.3, -0.25) is 19.1 Å². The highest BCUT2D eigenvalue weighted by Gasteiger charge is 2.18. The first-order valence-corrected chi connectivity index (χ1v) is 9.42. The summed E-state index contributed by atoms with van der Waals surface area (Å²) in [5.41, 5.74) is 0.689. The van der Waals surface area contributed by atoms with Gasteiger partial charge in [0.15, 0.2) is 5.82 Å². The van der Waals surface area contributed by atoms with Crippen molar-refractivity contribution in [2.24, 2.45) is 0 Å². The third-order valence-corrected chi connectivity index (χ3v) is 4.64. The van der Waals surface area contributed by atoms with Crippen LogP contribution in [0.2, 0.25) is 0 Å². The molecule has 0 fully saturated rings. The van der Waals surface area contributed by atoms with Gasteiger partial charge in [-0.05, 0) is 29.8 Å². The van der Waals surface area contributed by atoms with Crippen LogP contribution in [0.5, 0.6) is 0 Å². The number of aromatic nitrogens is 4. The van der Waals surface area contributed by atoms with Crippen molar-refractivity contribution in [3.05, 3.63) is 105 Å². The van der Waals surface area contributed by atoms with Crippen LogP contribution in [0.25, 0.3) is 11.4 Å². The summed E-state index contributed by atoms with van der Waals surface area (Å²) in [7, 11) is 0. The number of nitrogens with zero attached hydrogens (tertiary/aromatic N) is 4. The quantitative estimate of drug-likeness (QED) is 0.525. The summed E-state index contributed by atoms with van der Waals surface area (Å²) in [6.07, 6.45) is 3.22. The van der Waals surface area contributed by atoms with E-state index < -0.39 is 11.2 Å². The minimum atomic E-state index is -0.678. The Morgan fingerprint density at radius 3 is 2.53 bits per heavy atom. The molecule has 0 bridgehead atoms. The van der Waals surface area contributed by atoms with Crippen molar-refractivity contribution < 1.29 is 4.79 Å². The molecule has 0 saturated heterocycles. The van der Waals surface area contributed by atoms with Crippen molar-refractivity contribution in [2.45, 2.75) is 19.6 Å². The van der Waals surface area contributed by atoms with Crippen LogP contribution in [0.4, 0.5) is 0 Å². The van der Waals surface area contributed by atoms with Gasteiger partial charge in [0.05, 0.1) is 17.8 Å². The molecule has 0 unspecified atom stereocenters. The van der Waals surface area contributed by atoms with Gasteiger partial charge in [-0.1, -0.05) is 36.4 Å². The second kappa shape index (κ2) is 8.52. The molecule has 0 aliphatic carbocycles. The zero-order valence-electron chi connectivity index (χ0n) is 16.1. The molecule has 3 heterocycles. The Labute approximate surface area is 171 Å². The Balaban J connectivity index is 1.58. The molecular formula is C22H19N5O3. The van der Waals surface area contributed by atoms with E-state index in [1.165, 1.54) is 4.57 Å². The van der Waals surface area contributed by atoms with Crippen LogP contribution in [-0.2, 0) is 24.4 Å². The Morgan fingerprint density at radius 2 is 1.77 bits per heavy atom. The lowest BCUT2D eigenvalue weighted by atomic mass is 10.2. The third-order valence-electron chi connectivity index (χ3n) is 4.64. The number of hydrogen-bond donors (Lipinski definition) is 1. The van der Waals surface area contributed by atoms with Gasteiger partial charge in [0.2, 0.25) is 5.91 Å². The van der Waals surface area contributed by atoms with Crippen LogP contribution in [0.3, 0.4) is 0 Å². The number of benzene rings is 1.